The third kappa shape index (κ3) is 3.35. The molecule has 8 nitrogen and oxygen atoms in total. The summed E-state index contributed by atoms with van der Waals surface area (Å²) in [5.74, 6) is 0.212. The van der Waals surface area contributed by atoms with Crippen molar-refractivity contribution < 1.29 is 14.1 Å². The number of imide groups is 1. The maximum atomic E-state index is 12.1. The van der Waals surface area contributed by atoms with Gasteiger partial charge < -0.3 is 9.84 Å². The zero-order chi connectivity index (χ0) is 17.2. The highest BCUT2D eigenvalue weighted by molar-refractivity contribution is 6.08. The van der Waals surface area contributed by atoms with Crippen LogP contribution in [0.4, 0.5) is 10.6 Å². The summed E-state index contributed by atoms with van der Waals surface area (Å²) in [5, 5.41) is 10.6. The van der Waals surface area contributed by atoms with Gasteiger partial charge in [0.2, 0.25) is 5.91 Å². The standard InChI is InChI=1S/C17H21N5O3/c23-15-4-8-22(17(24)19-15)16-13-10-12(2-3-14(13)25-20-16)11-21-7-1-5-18-6-9-21/h2-3,10,18H,1,4-9,11H2,(H,19,23,24). The van der Waals surface area contributed by atoms with E-state index in [0.717, 1.165) is 50.1 Å². The van der Waals surface area contributed by atoms with E-state index in [1.165, 1.54) is 4.90 Å². The number of hydrogen-bond acceptors (Lipinski definition) is 6. The Morgan fingerprint density at radius 1 is 1.16 bits per heavy atom. The first kappa shape index (κ1) is 16.0. The zero-order valence-electron chi connectivity index (χ0n) is 14.0. The Labute approximate surface area is 145 Å². The molecule has 2 aromatic rings. The third-order valence-corrected chi connectivity index (χ3v) is 4.66. The first-order valence-electron chi connectivity index (χ1n) is 8.63. The summed E-state index contributed by atoms with van der Waals surface area (Å²) in [7, 11) is 0. The Kier molecular flexibility index (Phi) is 4.37. The minimum Gasteiger partial charge on any atom is -0.354 e. The normalized spacial score (nSPS) is 19.9. The molecule has 0 unspecified atom stereocenters. The van der Waals surface area contributed by atoms with Gasteiger partial charge in [0.05, 0.1) is 5.39 Å². The van der Waals surface area contributed by atoms with Gasteiger partial charge in [0, 0.05) is 32.6 Å². The molecule has 0 aliphatic carbocycles. The lowest BCUT2D eigenvalue weighted by Crippen LogP contribution is -2.49. The highest BCUT2D eigenvalue weighted by atomic mass is 16.5. The number of carbonyl (C=O) groups is 2. The topological polar surface area (TPSA) is 90.7 Å². The van der Waals surface area contributed by atoms with Crippen molar-refractivity contribution in [3.63, 3.8) is 0 Å². The summed E-state index contributed by atoms with van der Waals surface area (Å²) in [6.45, 7) is 5.32. The molecule has 25 heavy (non-hydrogen) atoms. The lowest BCUT2D eigenvalue weighted by molar-refractivity contribution is -0.120. The number of urea groups is 1. The largest absolute Gasteiger partial charge is 0.354 e. The molecule has 0 atom stereocenters. The van der Waals surface area contributed by atoms with E-state index in [1.54, 1.807) is 0 Å². The van der Waals surface area contributed by atoms with Gasteiger partial charge in [-0.2, -0.15) is 0 Å². The second kappa shape index (κ2) is 6.81. The van der Waals surface area contributed by atoms with Crippen LogP contribution in [0.2, 0.25) is 0 Å². The van der Waals surface area contributed by atoms with Gasteiger partial charge in [-0.3, -0.25) is 19.9 Å². The quantitative estimate of drug-likeness (QED) is 0.866. The average molecular weight is 343 g/mol. The van der Waals surface area contributed by atoms with E-state index in [4.69, 9.17) is 4.52 Å². The third-order valence-electron chi connectivity index (χ3n) is 4.66. The molecule has 8 heteroatoms. The van der Waals surface area contributed by atoms with Crippen LogP contribution in [-0.2, 0) is 11.3 Å². The summed E-state index contributed by atoms with van der Waals surface area (Å²) < 4.78 is 5.36. The van der Waals surface area contributed by atoms with Crippen LogP contribution in [0.15, 0.2) is 22.7 Å². The molecule has 0 spiro atoms. The van der Waals surface area contributed by atoms with Crippen molar-refractivity contribution in [1.29, 1.82) is 0 Å². The molecular formula is C17H21N5O3. The summed E-state index contributed by atoms with van der Waals surface area (Å²) >= 11 is 0. The highest BCUT2D eigenvalue weighted by Crippen LogP contribution is 2.28. The Balaban J connectivity index is 1.59. The molecule has 3 amide bonds. The lowest BCUT2D eigenvalue weighted by atomic mass is 10.1. The fourth-order valence-corrected chi connectivity index (χ4v) is 3.35. The van der Waals surface area contributed by atoms with E-state index in [0.29, 0.717) is 17.9 Å². The van der Waals surface area contributed by atoms with Crippen LogP contribution >= 0.6 is 0 Å². The number of amides is 3. The van der Waals surface area contributed by atoms with Crippen molar-refractivity contribution in [2.75, 3.05) is 37.6 Å². The number of hydrogen-bond donors (Lipinski definition) is 2. The van der Waals surface area contributed by atoms with Gasteiger partial charge in [-0.25, -0.2) is 4.79 Å². The van der Waals surface area contributed by atoms with Crippen LogP contribution in [-0.4, -0.2) is 54.7 Å². The zero-order valence-corrected chi connectivity index (χ0v) is 14.0. The molecule has 0 saturated carbocycles. The second-order valence-corrected chi connectivity index (χ2v) is 6.47. The molecule has 0 radical (unpaired) electrons. The first-order valence-corrected chi connectivity index (χ1v) is 8.63. The smallest absolute Gasteiger partial charge is 0.329 e. The van der Waals surface area contributed by atoms with Crippen LogP contribution in [0.5, 0.6) is 0 Å². The molecule has 132 valence electrons. The van der Waals surface area contributed by atoms with E-state index in [1.807, 2.05) is 18.2 Å². The van der Waals surface area contributed by atoms with Crippen molar-refractivity contribution >= 4 is 28.7 Å². The number of benzene rings is 1. The predicted molar refractivity (Wildman–Crippen MR) is 92.3 cm³/mol. The number of rotatable bonds is 3. The monoisotopic (exact) mass is 343 g/mol. The fourth-order valence-electron chi connectivity index (χ4n) is 3.35. The molecule has 2 N–H and O–H groups in total. The van der Waals surface area contributed by atoms with Gasteiger partial charge >= 0.3 is 6.03 Å². The Hall–Kier alpha value is -2.45. The molecular weight excluding hydrogens is 322 g/mol. The van der Waals surface area contributed by atoms with E-state index < -0.39 is 6.03 Å². The summed E-state index contributed by atoms with van der Waals surface area (Å²) in [5.41, 5.74) is 1.80. The number of fused-ring (bicyclic) bond motifs is 1. The van der Waals surface area contributed by atoms with Gasteiger partial charge in [-0.05, 0) is 37.2 Å². The molecule has 4 rings (SSSR count). The van der Waals surface area contributed by atoms with Gasteiger partial charge in [0.25, 0.3) is 0 Å². The van der Waals surface area contributed by atoms with Crippen molar-refractivity contribution in [1.82, 2.24) is 20.7 Å². The molecule has 3 heterocycles. The molecule has 1 aromatic heterocycles. The van der Waals surface area contributed by atoms with Crippen LogP contribution in [0.25, 0.3) is 11.0 Å². The number of carbonyl (C=O) groups excluding carboxylic acids is 2. The average Bonchev–Trinajstić information content (AvgIpc) is 2.83. The molecule has 2 saturated heterocycles. The first-order chi connectivity index (χ1) is 12.2. The summed E-state index contributed by atoms with van der Waals surface area (Å²) in [6.07, 6.45) is 1.41. The summed E-state index contributed by atoms with van der Waals surface area (Å²) in [4.78, 5) is 27.3. The van der Waals surface area contributed by atoms with Gasteiger partial charge in [0.15, 0.2) is 11.4 Å². The highest BCUT2D eigenvalue weighted by Gasteiger charge is 2.28. The molecule has 2 aliphatic heterocycles. The minimum absolute atomic E-state index is 0.260. The Morgan fingerprint density at radius 2 is 2.08 bits per heavy atom. The fraction of sp³-hybridized carbons (Fsp3) is 0.471. The van der Waals surface area contributed by atoms with Crippen LogP contribution in [0.1, 0.15) is 18.4 Å². The molecule has 2 aliphatic rings. The van der Waals surface area contributed by atoms with Crippen molar-refractivity contribution in [2.24, 2.45) is 0 Å². The van der Waals surface area contributed by atoms with E-state index in [-0.39, 0.29) is 12.3 Å². The predicted octanol–water partition coefficient (Wildman–Crippen LogP) is 1.07. The van der Waals surface area contributed by atoms with Crippen LogP contribution in [0, 0.1) is 0 Å². The van der Waals surface area contributed by atoms with Gasteiger partial charge in [0.1, 0.15) is 0 Å². The maximum absolute atomic E-state index is 12.1. The summed E-state index contributed by atoms with van der Waals surface area (Å²) in [6, 6.07) is 5.51. The molecule has 1 aromatic carbocycles. The lowest BCUT2D eigenvalue weighted by Gasteiger charge is -2.24. The van der Waals surface area contributed by atoms with Crippen LogP contribution in [0.3, 0.4) is 0 Å². The van der Waals surface area contributed by atoms with Crippen molar-refractivity contribution in [3.8, 4) is 0 Å². The van der Waals surface area contributed by atoms with Crippen LogP contribution < -0.4 is 15.5 Å². The second-order valence-electron chi connectivity index (χ2n) is 6.47. The Morgan fingerprint density at radius 3 is 2.96 bits per heavy atom. The number of nitrogens with one attached hydrogen (secondary N) is 2. The van der Waals surface area contributed by atoms with Gasteiger partial charge in [-0.1, -0.05) is 11.2 Å². The van der Waals surface area contributed by atoms with E-state index >= 15 is 0 Å². The number of anilines is 1. The van der Waals surface area contributed by atoms with E-state index in [2.05, 4.69) is 20.7 Å². The Bertz CT molecular complexity index is 795. The number of aromatic nitrogens is 1. The maximum Gasteiger partial charge on any atom is 0.329 e. The van der Waals surface area contributed by atoms with Crippen molar-refractivity contribution in [3.05, 3.63) is 23.8 Å². The van der Waals surface area contributed by atoms with Gasteiger partial charge in [-0.15, -0.1) is 0 Å². The number of nitrogens with zero attached hydrogens (tertiary/aromatic N) is 3. The SMILES string of the molecule is O=C1CCN(c2noc3ccc(CN4CCCNCC4)cc23)C(=O)N1. The molecule has 0 bridgehead atoms. The minimum atomic E-state index is -0.449. The molecule has 2 fully saturated rings. The van der Waals surface area contributed by atoms with E-state index in [9.17, 15) is 9.59 Å². The van der Waals surface area contributed by atoms with Crippen molar-refractivity contribution in [2.45, 2.75) is 19.4 Å².